The fraction of sp³-hybridized carbons (Fsp3) is 0.231. The van der Waals surface area contributed by atoms with E-state index in [0.717, 1.165) is 21.2 Å². The first-order valence-corrected chi connectivity index (χ1v) is 6.75. The molecule has 0 amide bonds. The number of benzene rings is 1. The summed E-state index contributed by atoms with van der Waals surface area (Å²) in [5, 5.41) is 12.4. The van der Waals surface area contributed by atoms with E-state index in [4.69, 9.17) is 0 Å². The number of aliphatic hydroxyl groups is 1. The number of rotatable bonds is 2. The van der Waals surface area contributed by atoms with E-state index < -0.39 is 6.10 Å². The summed E-state index contributed by atoms with van der Waals surface area (Å²) < 4.78 is 0.955. The number of hydrogen-bond donors (Lipinski definition) is 1. The molecule has 1 aromatic carbocycles. The molecule has 2 aromatic rings. The van der Waals surface area contributed by atoms with Crippen LogP contribution in [0, 0.1) is 13.8 Å². The molecular weight excluding hydrogens is 284 g/mol. The van der Waals surface area contributed by atoms with Crippen molar-refractivity contribution in [1.82, 2.24) is 0 Å². The summed E-state index contributed by atoms with van der Waals surface area (Å²) in [6.07, 6.45) is -0.541. The van der Waals surface area contributed by atoms with Crippen molar-refractivity contribution in [2.75, 3.05) is 0 Å². The van der Waals surface area contributed by atoms with Crippen LogP contribution in [0.1, 0.15) is 27.7 Å². The maximum absolute atomic E-state index is 10.3. The number of aliphatic hydroxyl groups excluding tert-OH is 1. The number of hydrogen-bond acceptors (Lipinski definition) is 2. The monoisotopic (exact) mass is 296 g/mol. The zero-order chi connectivity index (χ0) is 11.7. The van der Waals surface area contributed by atoms with Crippen LogP contribution in [-0.2, 0) is 0 Å². The first-order chi connectivity index (χ1) is 7.59. The molecule has 84 valence electrons. The smallest absolute Gasteiger partial charge is 0.106 e. The fourth-order valence-corrected chi connectivity index (χ4v) is 2.92. The standard InChI is InChI=1S/C13H13BrOS/c1-8-3-4-12(14)11(7-8)13(15)10-5-6-16-9(10)2/h3-7,13,15H,1-2H3. The van der Waals surface area contributed by atoms with Crippen molar-refractivity contribution < 1.29 is 5.11 Å². The van der Waals surface area contributed by atoms with Crippen molar-refractivity contribution in [3.8, 4) is 0 Å². The second-order valence-corrected chi connectivity index (χ2v) is 5.83. The largest absolute Gasteiger partial charge is 0.384 e. The van der Waals surface area contributed by atoms with Gasteiger partial charge in [-0.3, -0.25) is 0 Å². The number of thiophene rings is 1. The summed E-state index contributed by atoms with van der Waals surface area (Å²) in [7, 11) is 0. The molecule has 0 spiro atoms. The van der Waals surface area contributed by atoms with E-state index in [9.17, 15) is 5.11 Å². The van der Waals surface area contributed by atoms with Crippen molar-refractivity contribution in [2.45, 2.75) is 20.0 Å². The van der Waals surface area contributed by atoms with Crippen LogP contribution in [0.2, 0.25) is 0 Å². The Morgan fingerprint density at radius 1 is 1.19 bits per heavy atom. The lowest BCUT2D eigenvalue weighted by Gasteiger charge is -2.13. The maximum Gasteiger partial charge on any atom is 0.106 e. The van der Waals surface area contributed by atoms with Gasteiger partial charge in [0.05, 0.1) is 0 Å². The average molecular weight is 297 g/mol. The second-order valence-electron chi connectivity index (χ2n) is 3.86. The van der Waals surface area contributed by atoms with Crippen molar-refractivity contribution >= 4 is 27.3 Å². The molecule has 0 radical (unpaired) electrons. The molecule has 0 aliphatic rings. The van der Waals surface area contributed by atoms with E-state index in [1.807, 2.05) is 43.5 Å². The van der Waals surface area contributed by atoms with E-state index in [1.165, 1.54) is 4.88 Å². The summed E-state index contributed by atoms with van der Waals surface area (Å²) in [5.41, 5.74) is 3.09. The minimum atomic E-state index is -0.541. The van der Waals surface area contributed by atoms with Gasteiger partial charge in [-0.1, -0.05) is 33.6 Å². The number of aryl methyl sites for hydroxylation is 2. The normalized spacial score (nSPS) is 12.8. The van der Waals surface area contributed by atoms with E-state index in [1.54, 1.807) is 11.3 Å². The Labute approximate surface area is 108 Å². The predicted molar refractivity (Wildman–Crippen MR) is 72.0 cm³/mol. The van der Waals surface area contributed by atoms with Crippen LogP contribution in [-0.4, -0.2) is 5.11 Å². The molecule has 0 saturated carbocycles. The highest BCUT2D eigenvalue weighted by molar-refractivity contribution is 9.10. The first-order valence-electron chi connectivity index (χ1n) is 5.07. The highest BCUT2D eigenvalue weighted by Gasteiger charge is 2.16. The van der Waals surface area contributed by atoms with Gasteiger partial charge in [-0.05, 0) is 42.5 Å². The molecule has 1 N–H and O–H groups in total. The molecule has 1 atom stereocenters. The van der Waals surface area contributed by atoms with Gasteiger partial charge in [0.25, 0.3) is 0 Å². The van der Waals surface area contributed by atoms with Crippen LogP contribution in [0.5, 0.6) is 0 Å². The Hall–Kier alpha value is -0.640. The van der Waals surface area contributed by atoms with E-state index in [2.05, 4.69) is 15.9 Å². The van der Waals surface area contributed by atoms with E-state index >= 15 is 0 Å². The van der Waals surface area contributed by atoms with Crippen LogP contribution in [0.3, 0.4) is 0 Å². The molecule has 16 heavy (non-hydrogen) atoms. The second kappa shape index (κ2) is 4.70. The Balaban J connectivity index is 2.45. The van der Waals surface area contributed by atoms with E-state index in [0.29, 0.717) is 0 Å². The summed E-state index contributed by atoms with van der Waals surface area (Å²) >= 11 is 5.15. The van der Waals surface area contributed by atoms with Gasteiger partial charge >= 0.3 is 0 Å². The zero-order valence-corrected chi connectivity index (χ0v) is 11.6. The average Bonchev–Trinajstić information content (AvgIpc) is 2.67. The molecule has 1 nitrogen and oxygen atoms in total. The highest BCUT2D eigenvalue weighted by Crippen LogP contribution is 2.32. The molecule has 3 heteroatoms. The van der Waals surface area contributed by atoms with Crippen LogP contribution < -0.4 is 0 Å². The summed E-state index contributed by atoms with van der Waals surface area (Å²) in [5.74, 6) is 0. The lowest BCUT2D eigenvalue weighted by atomic mass is 10.0. The van der Waals surface area contributed by atoms with Crippen molar-refractivity contribution in [3.05, 3.63) is 55.7 Å². The van der Waals surface area contributed by atoms with Crippen molar-refractivity contribution in [2.24, 2.45) is 0 Å². The van der Waals surface area contributed by atoms with Crippen molar-refractivity contribution in [1.29, 1.82) is 0 Å². The van der Waals surface area contributed by atoms with Crippen molar-refractivity contribution in [3.63, 3.8) is 0 Å². The Kier molecular flexibility index (Phi) is 3.47. The molecule has 0 bridgehead atoms. The third-order valence-electron chi connectivity index (χ3n) is 2.64. The SMILES string of the molecule is Cc1ccc(Br)c(C(O)c2ccsc2C)c1. The van der Waals surface area contributed by atoms with Gasteiger partial charge < -0.3 is 5.11 Å². The van der Waals surface area contributed by atoms with Crippen LogP contribution in [0.15, 0.2) is 34.1 Å². The van der Waals surface area contributed by atoms with Crippen LogP contribution in [0.4, 0.5) is 0 Å². The van der Waals surface area contributed by atoms with Gasteiger partial charge in [-0.15, -0.1) is 11.3 Å². The molecular formula is C13H13BrOS. The molecule has 1 heterocycles. The van der Waals surface area contributed by atoms with Gasteiger partial charge in [0.2, 0.25) is 0 Å². The van der Waals surface area contributed by atoms with Gasteiger partial charge in [-0.25, -0.2) is 0 Å². The summed E-state index contributed by atoms with van der Waals surface area (Å²) in [6, 6.07) is 8.02. The first kappa shape index (κ1) is 11.8. The van der Waals surface area contributed by atoms with Gasteiger partial charge in [-0.2, -0.15) is 0 Å². The molecule has 0 aliphatic heterocycles. The van der Waals surface area contributed by atoms with Gasteiger partial charge in [0.1, 0.15) is 6.10 Å². The summed E-state index contributed by atoms with van der Waals surface area (Å²) in [4.78, 5) is 1.17. The molecule has 0 aliphatic carbocycles. The zero-order valence-electron chi connectivity index (χ0n) is 9.20. The van der Waals surface area contributed by atoms with E-state index in [-0.39, 0.29) is 0 Å². The van der Waals surface area contributed by atoms with Crippen LogP contribution >= 0.6 is 27.3 Å². The third kappa shape index (κ3) is 2.21. The molecule has 0 saturated heterocycles. The number of halogens is 1. The lowest BCUT2D eigenvalue weighted by Crippen LogP contribution is -2.01. The molecule has 1 unspecified atom stereocenters. The van der Waals surface area contributed by atoms with Gasteiger partial charge in [0, 0.05) is 9.35 Å². The Bertz CT molecular complexity index is 504. The quantitative estimate of drug-likeness (QED) is 0.880. The Morgan fingerprint density at radius 3 is 2.56 bits per heavy atom. The highest BCUT2D eigenvalue weighted by atomic mass is 79.9. The minimum absolute atomic E-state index is 0.541. The lowest BCUT2D eigenvalue weighted by molar-refractivity contribution is 0.219. The minimum Gasteiger partial charge on any atom is -0.384 e. The predicted octanol–water partition coefficient (Wildman–Crippen LogP) is 4.21. The maximum atomic E-state index is 10.3. The fourth-order valence-electron chi connectivity index (χ4n) is 1.72. The topological polar surface area (TPSA) is 20.2 Å². The molecule has 1 aromatic heterocycles. The van der Waals surface area contributed by atoms with Gasteiger partial charge in [0.15, 0.2) is 0 Å². The molecule has 2 rings (SSSR count). The third-order valence-corrected chi connectivity index (χ3v) is 4.22. The Morgan fingerprint density at radius 2 is 1.94 bits per heavy atom. The van der Waals surface area contributed by atoms with Crippen LogP contribution in [0.25, 0.3) is 0 Å². The molecule has 0 fully saturated rings. The summed E-state index contributed by atoms with van der Waals surface area (Å²) in [6.45, 7) is 4.07.